The van der Waals surface area contributed by atoms with Gasteiger partial charge in [0, 0.05) is 45.4 Å². The fraction of sp³-hybridized carbons (Fsp3) is 0.368. The molecule has 2 aliphatic carbocycles. The number of rotatable bonds is 6. The van der Waals surface area contributed by atoms with Crippen molar-refractivity contribution >= 4 is 74.3 Å². The fourth-order valence-corrected chi connectivity index (χ4v) is 14.1. The number of fused-ring (bicyclic) bond motifs is 6. The monoisotopic (exact) mass is 1050 g/mol. The van der Waals surface area contributed by atoms with E-state index in [2.05, 4.69) is 296 Å². The van der Waals surface area contributed by atoms with Crippen LogP contribution in [0.3, 0.4) is 0 Å². The molecule has 0 unspecified atom stereocenters. The number of benzene rings is 8. The van der Waals surface area contributed by atoms with Gasteiger partial charge in [-0.2, -0.15) is 0 Å². The first kappa shape index (κ1) is 53.8. The molecule has 0 radical (unpaired) electrons. The molecule has 2 heterocycles. The van der Waals surface area contributed by atoms with Gasteiger partial charge >= 0.3 is 0 Å². The van der Waals surface area contributed by atoms with Crippen molar-refractivity contribution in [2.24, 2.45) is 0 Å². The minimum Gasteiger partial charge on any atom is -0.311 e. The lowest BCUT2D eigenvalue weighted by atomic mass is 9.33. The van der Waals surface area contributed by atoms with Crippen molar-refractivity contribution in [3.05, 3.63) is 203 Å². The summed E-state index contributed by atoms with van der Waals surface area (Å²) in [4.78, 5) is 7.84. The van der Waals surface area contributed by atoms with Crippen LogP contribution in [0.4, 0.5) is 51.2 Å². The maximum atomic E-state index is 2.75. The Balaban J connectivity index is 1.26. The molecule has 0 amide bonds. The van der Waals surface area contributed by atoms with Gasteiger partial charge in [-0.15, -0.1) is 0 Å². The average molecular weight is 1050 g/mol. The van der Waals surface area contributed by atoms with E-state index >= 15 is 0 Å². The van der Waals surface area contributed by atoms with Crippen LogP contribution in [0.5, 0.6) is 0 Å². The highest BCUT2D eigenvalue weighted by molar-refractivity contribution is 7.00. The first-order chi connectivity index (χ1) is 37.5. The van der Waals surface area contributed by atoms with Gasteiger partial charge in [0.05, 0.1) is 11.4 Å². The highest BCUT2D eigenvalue weighted by Crippen LogP contribution is 2.55. The second-order valence-electron chi connectivity index (χ2n) is 30.1. The molecule has 408 valence electrons. The first-order valence-electron chi connectivity index (χ1n) is 30.0. The van der Waals surface area contributed by atoms with Crippen molar-refractivity contribution in [3.8, 4) is 11.1 Å². The molecule has 2 aliphatic heterocycles. The number of anilines is 9. The zero-order valence-corrected chi connectivity index (χ0v) is 51.3. The largest absolute Gasteiger partial charge is 0.311 e. The lowest BCUT2D eigenvalue weighted by Gasteiger charge is -2.48. The topological polar surface area (TPSA) is 9.72 Å². The van der Waals surface area contributed by atoms with Gasteiger partial charge in [-0.25, -0.2) is 0 Å². The highest BCUT2D eigenvalue weighted by Gasteiger charge is 2.48. The summed E-state index contributed by atoms with van der Waals surface area (Å²) in [5.74, 6) is 0. The summed E-state index contributed by atoms with van der Waals surface area (Å²) in [6.07, 6.45) is 4.63. The van der Waals surface area contributed by atoms with Gasteiger partial charge in [0.25, 0.3) is 6.71 Å². The quantitative estimate of drug-likeness (QED) is 0.154. The van der Waals surface area contributed by atoms with Crippen LogP contribution in [0.1, 0.15) is 182 Å². The molecule has 8 aromatic carbocycles. The van der Waals surface area contributed by atoms with Gasteiger partial charge in [-0.1, -0.05) is 209 Å². The van der Waals surface area contributed by atoms with Crippen LogP contribution in [0, 0.1) is 0 Å². The summed E-state index contributed by atoms with van der Waals surface area (Å²) in [6, 6.07) is 64.5. The Labute approximate surface area is 481 Å². The van der Waals surface area contributed by atoms with Gasteiger partial charge in [0.1, 0.15) is 0 Å². The fourth-order valence-electron chi connectivity index (χ4n) is 14.1. The smallest absolute Gasteiger partial charge is 0.252 e. The lowest BCUT2D eigenvalue weighted by molar-refractivity contribution is 0.332. The minimum atomic E-state index is -0.0786. The molecule has 8 aromatic rings. The summed E-state index contributed by atoms with van der Waals surface area (Å²) in [5, 5.41) is 0. The summed E-state index contributed by atoms with van der Waals surface area (Å²) >= 11 is 0. The van der Waals surface area contributed by atoms with E-state index in [1.54, 1.807) is 0 Å². The molecule has 12 rings (SSSR count). The van der Waals surface area contributed by atoms with E-state index < -0.39 is 0 Å². The molecule has 0 spiro atoms. The van der Waals surface area contributed by atoms with Crippen LogP contribution >= 0.6 is 0 Å². The lowest BCUT2D eigenvalue weighted by Crippen LogP contribution is -2.62. The second-order valence-corrected chi connectivity index (χ2v) is 30.1. The normalized spacial score (nSPS) is 17.4. The second kappa shape index (κ2) is 18.4. The third-order valence-corrected chi connectivity index (χ3v) is 19.4. The first-order valence-corrected chi connectivity index (χ1v) is 30.0. The molecule has 3 nitrogen and oxygen atoms in total. The van der Waals surface area contributed by atoms with Crippen molar-refractivity contribution in [2.75, 3.05) is 14.7 Å². The summed E-state index contributed by atoms with van der Waals surface area (Å²) in [6.45, 7) is 41.0. The molecule has 0 aromatic heterocycles. The molecule has 80 heavy (non-hydrogen) atoms. The van der Waals surface area contributed by atoms with E-state index in [9.17, 15) is 0 Å². The highest BCUT2D eigenvalue weighted by atomic mass is 15.2. The molecule has 0 saturated carbocycles. The summed E-state index contributed by atoms with van der Waals surface area (Å²) in [7, 11) is 0. The van der Waals surface area contributed by atoms with Crippen LogP contribution < -0.4 is 31.1 Å². The Kier molecular flexibility index (Phi) is 12.4. The van der Waals surface area contributed by atoms with Gasteiger partial charge in [-0.05, 0) is 197 Å². The van der Waals surface area contributed by atoms with Gasteiger partial charge in [0.2, 0.25) is 0 Å². The van der Waals surface area contributed by atoms with E-state index in [0.29, 0.717) is 0 Å². The van der Waals surface area contributed by atoms with Gasteiger partial charge in [-0.3, -0.25) is 0 Å². The van der Waals surface area contributed by atoms with Crippen LogP contribution in [0.15, 0.2) is 164 Å². The van der Waals surface area contributed by atoms with Crippen molar-refractivity contribution in [1.82, 2.24) is 0 Å². The van der Waals surface area contributed by atoms with Crippen LogP contribution in [-0.2, 0) is 37.9 Å². The summed E-state index contributed by atoms with van der Waals surface area (Å²) < 4.78 is 0. The zero-order chi connectivity index (χ0) is 56.9. The van der Waals surface area contributed by atoms with E-state index in [0.717, 1.165) is 42.0 Å². The number of nitrogens with zero attached hydrogens (tertiary/aromatic N) is 3. The number of hydrogen-bond donors (Lipinski definition) is 0. The van der Waals surface area contributed by atoms with E-state index in [4.69, 9.17) is 0 Å². The molecule has 0 atom stereocenters. The van der Waals surface area contributed by atoms with E-state index in [1.807, 2.05) is 0 Å². The molecular weight excluding hydrogens is 966 g/mol. The Bertz CT molecular complexity index is 3690. The minimum absolute atomic E-state index is 0.00162. The standard InChI is InChI=1S/C76H86BN3/c1-70(2,3)50-29-33-55(34-30-50)79-65-37-32-52(72(7,8)9)44-62(65)77-63-47-60-61(76(16,17)41-40-75(60,14)15)48-66(63)80(68-46-56(45-67(79)69(68)77)78(53-24-20-18-21-25-53)54-26-22-19-23-27-54)64-36-31-51(71(4,5)6)43-57(64)49-28-35-58-59(42-49)74(12,13)39-38-73(58,10)11/h18-37,42-48H,38-41H2,1-17H3. The van der Waals surface area contributed by atoms with E-state index in [1.165, 1.54) is 101 Å². The Hall–Kier alpha value is -6.78. The number of hydrogen-bond acceptors (Lipinski definition) is 3. The Morgan fingerprint density at radius 3 is 1.35 bits per heavy atom. The Morgan fingerprint density at radius 2 is 0.812 bits per heavy atom. The summed E-state index contributed by atoms with van der Waals surface area (Å²) in [5.41, 5.74) is 27.2. The molecule has 0 fully saturated rings. The van der Waals surface area contributed by atoms with Crippen molar-refractivity contribution in [1.29, 1.82) is 0 Å². The predicted molar refractivity (Wildman–Crippen MR) is 347 cm³/mol. The van der Waals surface area contributed by atoms with Crippen LogP contribution in [0.2, 0.25) is 0 Å². The van der Waals surface area contributed by atoms with Crippen molar-refractivity contribution in [2.45, 2.75) is 181 Å². The predicted octanol–water partition coefficient (Wildman–Crippen LogP) is 19.5. The molecular formula is C76H86BN3. The third kappa shape index (κ3) is 8.94. The van der Waals surface area contributed by atoms with Crippen LogP contribution in [-0.4, -0.2) is 6.71 Å². The van der Waals surface area contributed by atoms with Gasteiger partial charge < -0.3 is 14.7 Å². The number of para-hydroxylation sites is 2. The van der Waals surface area contributed by atoms with E-state index in [-0.39, 0.29) is 44.6 Å². The van der Waals surface area contributed by atoms with Crippen LogP contribution in [0.25, 0.3) is 11.1 Å². The molecule has 0 saturated heterocycles. The third-order valence-electron chi connectivity index (χ3n) is 19.4. The van der Waals surface area contributed by atoms with Crippen molar-refractivity contribution < 1.29 is 0 Å². The maximum absolute atomic E-state index is 2.75. The maximum Gasteiger partial charge on any atom is 0.252 e. The SMILES string of the molecule is CC(C)(C)c1ccc(N2c3ccc(C(C)(C)C)cc3B3c4cc5c(cc4N(c4ccc(C(C)(C)C)cc4-c4ccc6c(c4)C(C)(C)CCC6(C)C)c4cc(N(c6ccccc6)c6ccccc6)cc2c43)C(C)(C)CCC5(C)C)cc1. The Morgan fingerprint density at radius 1 is 0.362 bits per heavy atom. The van der Waals surface area contributed by atoms with Gasteiger partial charge in [0.15, 0.2) is 0 Å². The van der Waals surface area contributed by atoms with Crippen molar-refractivity contribution in [3.63, 3.8) is 0 Å². The molecule has 0 bridgehead atoms. The molecule has 0 N–H and O–H groups in total. The molecule has 4 aliphatic rings. The molecule has 4 heteroatoms. The zero-order valence-electron chi connectivity index (χ0n) is 51.3. The average Bonchev–Trinajstić information content (AvgIpc) is 3.44.